The number of hydrogen-bond donors (Lipinski definition) is 2. The average Bonchev–Trinajstić information content (AvgIpc) is 2.88. The van der Waals surface area contributed by atoms with Gasteiger partial charge in [0.25, 0.3) is 5.56 Å². The van der Waals surface area contributed by atoms with Crippen molar-refractivity contribution in [3.05, 3.63) is 26.7 Å². The summed E-state index contributed by atoms with van der Waals surface area (Å²) in [5, 5.41) is 3.18. The van der Waals surface area contributed by atoms with Gasteiger partial charge < -0.3 is 9.88 Å². The van der Waals surface area contributed by atoms with Crippen LogP contribution < -0.4 is 16.6 Å². The van der Waals surface area contributed by atoms with Gasteiger partial charge in [0.1, 0.15) is 5.82 Å². The smallest absolute Gasteiger partial charge is 0.330 e. The molecule has 0 atom stereocenters. The van der Waals surface area contributed by atoms with Crippen LogP contribution >= 0.6 is 0 Å². The lowest BCUT2D eigenvalue weighted by molar-refractivity contribution is -0.121. The summed E-state index contributed by atoms with van der Waals surface area (Å²) in [7, 11) is 0. The topological polar surface area (TPSA) is 102 Å². The predicted octanol–water partition coefficient (Wildman–Crippen LogP) is 2.87. The van der Waals surface area contributed by atoms with Crippen molar-refractivity contribution in [1.29, 1.82) is 0 Å². The number of carbonyl (C=O) groups is 1. The molecule has 0 unspecified atom stereocenters. The number of aromatic nitrogens is 4. The van der Waals surface area contributed by atoms with Crippen LogP contribution in [0.3, 0.4) is 0 Å². The van der Waals surface area contributed by atoms with Crippen molar-refractivity contribution in [2.45, 2.75) is 104 Å². The van der Waals surface area contributed by atoms with E-state index in [-0.39, 0.29) is 11.9 Å². The molecule has 2 aromatic heterocycles. The predicted molar refractivity (Wildman–Crippen MR) is 118 cm³/mol. The van der Waals surface area contributed by atoms with Gasteiger partial charge in [0.2, 0.25) is 5.91 Å². The van der Waals surface area contributed by atoms with E-state index >= 15 is 0 Å². The lowest BCUT2D eigenvalue weighted by Gasteiger charge is -2.16. The minimum absolute atomic E-state index is 0.0378. The molecule has 3 rings (SSSR count). The molecule has 0 bridgehead atoms. The van der Waals surface area contributed by atoms with Crippen molar-refractivity contribution in [3.63, 3.8) is 0 Å². The van der Waals surface area contributed by atoms with Crippen molar-refractivity contribution >= 4 is 17.1 Å². The van der Waals surface area contributed by atoms with Crippen LogP contribution in [0.2, 0.25) is 0 Å². The van der Waals surface area contributed by atoms with E-state index in [2.05, 4.69) is 22.2 Å². The molecule has 2 N–H and O–H groups in total. The highest BCUT2D eigenvalue weighted by atomic mass is 16.2. The van der Waals surface area contributed by atoms with E-state index in [0.29, 0.717) is 42.9 Å². The Morgan fingerprint density at radius 2 is 1.80 bits per heavy atom. The van der Waals surface area contributed by atoms with Crippen molar-refractivity contribution in [1.82, 2.24) is 24.4 Å². The first-order chi connectivity index (χ1) is 14.5. The van der Waals surface area contributed by atoms with Gasteiger partial charge >= 0.3 is 5.69 Å². The van der Waals surface area contributed by atoms with Crippen molar-refractivity contribution in [2.24, 2.45) is 0 Å². The summed E-state index contributed by atoms with van der Waals surface area (Å²) >= 11 is 0. The summed E-state index contributed by atoms with van der Waals surface area (Å²) < 4.78 is 3.44. The molecule has 1 saturated carbocycles. The average molecular weight is 418 g/mol. The van der Waals surface area contributed by atoms with E-state index in [0.717, 1.165) is 32.1 Å². The van der Waals surface area contributed by atoms with Crippen LogP contribution in [0.25, 0.3) is 11.2 Å². The first-order valence-electron chi connectivity index (χ1n) is 11.6. The molecule has 1 fully saturated rings. The second-order valence-corrected chi connectivity index (χ2v) is 8.37. The monoisotopic (exact) mass is 417 g/mol. The van der Waals surface area contributed by atoms with Gasteiger partial charge in [0, 0.05) is 32.0 Å². The number of imidazole rings is 1. The molecular weight excluding hydrogens is 382 g/mol. The van der Waals surface area contributed by atoms with Gasteiger partial charge in [-0.25, -0.2) is 9.78 Å². The Hall–Kier alpha value is -2.38. The molecule has 8 nitrogen and oxygen atoms in total. The molecule has 2 aromatic rings. The van der Waals surface area contributed by atoms with Gasteiger partial charge in [-0.05, 0) is 25.7 Å². The summed E-state index contributed by atoms with van der Waals surface area (Å²) in [5.41, 5.74) is 0.0452. The van der Waals surface area contributed by atoms with Gasteiger partial charge in [-0.1, -0.05) is 46.0 Å². The molecular formula is C22H35N5O3. The fourth-order valence-electron chi connectivity index (χ4n) is 4.35. The standard InChI is InChI=1S/C22H35N5O3/c1-3-5-15-26-17(12-13-18(28)23-16-10-8-6-7-9-11-16)24-20-19(26)21(29)25-22(30)27(20)14-4-2/h16H,3-15H2,1-2H3,(H,23,28)(H,25,29,30). The van der Waals surface area contributed by atoms with Crippen LogP contribution in [-0.4, -0.2) is 31.1 Å². The number of aromatic amines is 1. The highest BCUT2D eigenvalue weighted by molar-refractivity contribution is 5.77. The number of rotatable bonds is 9. The molecule has 166 valence electrons. The maximum absolute atomic E-state index is 12.6. The van der Waals surface area contributed by atoms with E-state index in [4.69, 9.17) is 0 Å². The van der Waals surface area contributed by atoms with E-state index in [1.807, 2.05) is 11.5 Å². The Morgan fingerprint density at radius 1 is 1.07 bits per heavy atom. The third kappa shape index (κ3) is 5.21. The Morgan fingerprint density at radius 3 is 2.47 bits per heavy atom. The minimum atomic E-state index is -0.424. The number of hydrogen-bond acceptors (Lipinski definition) is 4. The maximum Gasteiger partial charge on any atom is 0.330 e. The third-order valence-electron chi connectivity index (χ3n) is 5.94. The summed E-state index contributed by atoms with van der Waals surface area (Å²) in [4.78, 5) is 44.5. The van der Waals surface area contributed by atoms with Crippen LogP contribution in [0.5, 0.6) is 0 Å². The van der Waals surface area contributed by atoms with Crippen LogP contribution in [0, 0.1) is 0 Å². The van der Waals surface area contributed by atoms with Gasteiger partial charge in [0.05, 0.1) is 0 Å². The quantitative estimate of drug-likeness (QED) is 0.613. The van der Waals surface area contributed by atoms with E-state index in [1.165, 1.54) is 30.3 Å². The number of fused-ring (bicyclic) bond motifs is 1. The summed E-state index contributed by atoms with van der Waals surface area (Å²) in [6, 6.07) is 0.275. The first kappa shape index (κ1) is 22.3. The minimum Gasteiger partial charge on any atom is -0.353 e. The molecule has 1 amide bonds. The molecule has 30 heavy (non-hydrogen) atoms. The van der Waals surface area contributed by atoms with E-state index < -0.39 is 11.2 Å². The molecule has 0 aliphatic heterocycles. The molecule has 0 saturated heterocycles. The van der Waals surface area contributed by atoms with Crippen molar-refractivity contribution < 1.29 is 4.79 Å². The SMILES string of the molecule is CCCCn1c(CCC(=O)NC2CCCCCC2)nc2c1c(=O)[nH]c(=O)n2CCC. The number of nitrogens with one attached hydrogen (secondary N) is 2. The van der Waals surface area contributed by atoms with Crippen molar-refractivity contribution in [2.75, 3.05) is 0 Å². The van der Waals surface area contributed by atoms with Crippen LogP contribution in [0.15, 0.2) is 9.59 Å². The Labute approximate surface area is 177 Å². The second-order valence-electron chi connectivity index (χ2n) is 8.37. The zero-order valence-corrected chi connectivity index (χ0v) is 18.3. The zero-order chi connectivity index (χ0) is 21.5. The normalized spacial score (nSPS) is 15.4. The van der Waals surface area contributed by atoms with Gasteiger partial charge in [-0.2, -0.15) is 0 Å². The fraction of sp³-hybridized carbons (Fsp3) is 0.727. The number of aryl methyl sites for hydroxylation is 3. The van der Waals surface area contributed by atoms with E-state index in [9.17, 15) is 14.4 Å². The second kappa shape index (κ2) is 10.6. The largest absolute Gasteiger partial charge is 0.353 e. The Bertz CT molecular complexity index is 964. The van der Waals surface area contributed by atoms with Crippen LogP contribution in [0.4, 0.5) is 0 Å². The Kier molecular flexibility index (Phi) is 7.87. The summed E-state index contributed by atoms with van der Waals surface area (Å²) in [6.45, 7) is 5.23. The van der Waals surface area contributed by atoms with Crippen LogP contribution in [-0.2, 0) is 24.3 Å². The summed E-state index contributed by atoms with van der Waals surface area (Å²) in [5.74, 6) is 0.742. The Balaban J connectivity index is 1.83. The highest BCUT2D eigenvalue weighted by Crippen LogP contribution is 2.18. The highest BCUT2D eigenvalue weighted by Gasteiger charge is 2.20. The molecule has 1 aliphatic rings. The molecule has 2 heterocycles. The lowest BCUT2D eigenvalue weighted by atomic mass is 10.1. The van der Waals surface area contributed by atoms with Gasteiger partial charge in [-0.15, -0.1) is 0 Å². The molecule has 1 aliphatic carbocycles. The molecule has 0 radical (unpaired) electrons. The molecule has 0 spiro atoms. The molecule has 0 aromatic carbocycles. The third-order valence-corrected chi connectivity index (χ3v) is 5.94. The van der Waals surface area contributed by atoms with Gasteiger partial charge in [-0.3, -0.25) is 19.1 Å². The number of H-pyrrole nitrogens is 1. The molecule has 8 heteroatoms. The maximum atomic E-state index is 12.6. The first-order valence-corrected chi connectivity index (χ1v) is 11.6. The number of carbonyl (C=O) groups excluding carboxylic acids is 1. The lowest BCUT2D eigenvalue weighted by Crippen LogP contribution is -2.34. The number of amides is 1. The zero-order valence-electron chi connectivity index (χ0n) is 18.3. The number of unbranched alkanes of at least 4 members (excludes halogenated alkanes) is 1. The summed E-state index contributed by atoms with van der Waals surface area (Å²) in [6.07, 6.45) is 10.4. The van der Waals surface area contributed by atoms with Gasteiger partial charge in [0.15, 0.2) is 11.2 Å². The van der Waals surface area contributed by atoms with E-state index in [1.54, 1.807) is 0 Å². The van der Waals surface area contributed by atoms with Crippen molar-refractivity contribution in [3.8, 4) is 0 Å². The van der Waals surface area contributed by atoms with Crippen LogP contribution in [0.1, 0.15) is 83.9 Å². The fourth-order valence-corrected chi connectivity index (χ4v) is 4.35. The number of nitrogens with zero attached hydrogens (tertiary/aromatic N) is 3.